The minimum atomic E-state index is 1.09. The van der Waals surface area contributed by atoms with Crippen LogP contribution in [0.1, 0.15) is 0 Å². The summed E-state index contributed by atoms with van der Waals surface area (Å²) >= 11 is 0. The summed E-state index contributed by atoms with van der Waals surface area (Å²) in [4.78, 5) is 0. The summed E-state index contributed by atoms with van der Waals surface area (Å²) in [6.07, 6.45) is 0. The maximum absolute atomic E-state index is 3.56. The highest BCUT2D eigenvalue weighted by Crippen LogP contribution is 2.31. The van der Waals surface area contributed by atoms with Crippen LogP contribution in [0.2, 0.25) is 0 Å². The molecule has 0 amide bonds. The molecule has 0 unspecified atom stereocenters. The van der Waals surface area contributed by atoms with Crippen LogP contribution >= 0.6 is 0 Å². The number of hydrogen-bond donors (Lipinski definition) is 1. The van der Waals surface area contributed by atoms with Gasteiger partial charge in [0.1, 0.15) is 0 Å². The molecular formula is C30H21N. The first-order chi connectivity index (χ1) is 15.3. The van der Waals surface area contributed by atoms with Gasteiger partial charge in [-0.2, -0.15) is 0 Å². The van der Waals surface area contributed by atoms with Gasteiger partial charge in [-0.25, -0.2) is 0 Å². The Morgan fingerprint density at radius 3 is 1.84 bits per heavy atom. The van der Waals surface area contributed by atoms with Gasteiger partial charge in [0.25, 0.3) is 0 Å². The van der Waals surface area contributed by atoms with Crippen molar-refractivity contribution < 1.29 is 0 Å². The Hall–Kier alpha value is -4.10. The Morgan fingerprint density at radius 2 is 1.00 bits per heavy atom. The van der Waals surface area contributed by atoms with E-state index in [1.54, 1.807) is 0 Å². The molecule has 0 spiro atoms. The van der Waals surface area contributed by atoms with Crippen molar-refractivity contribution in [2.24, 2.45) is 0 Å². The van der Waals surface area contributed by atoms with Crippen LogP contribution in [0.25, 0.3) is 43.4 Å². The first-order valence-corrected chi connectivity index (χ1v) is 10.6. The number of anilines is 2. The molecule has 146 valence electrons. The fourth-order valence-electron chi connectivity index (χ4n) is 4.47. The van der Waals surface area contributed by atoms with Crippen molar-refractivity contribution in [3.63, 3.8) is 0 Å². The maximum atomic E-state index is 3.56. The van der Waals surface area contributed by atoms with E-state index in [2.05, 4.69) is 127 Å². The van der Waals surface area contributed by atoms with Crippen molar-refractivity contribution >= 4 is 43.7 Å². The summed E-state index contributed by atoms with van der Waals surface area (Å²) < 4.78 is 0. The van der Waals surface area contributed by atoms with Gasteiger partial charge in [-0.1, -0.05) is 97.1 Å². The Bertz CT molecular complexity index is 1540. The number of fused-ring (bicyclic) bond motifs is 4. The normalized spacial score (nSPS) is 11.2. The van der Waals surface area contributed by atoms with Crippen molar-refractivity contribution in [3.8, 4) is 11.1 Å². The molecule has 6 aromatic carbocycles. The van der Waals surface area contributed by atoms with E-state index in [1.165, 1.54) is 43.4 Å². The second-order valence-electron chi connectivity index (χ2n) is 7.95. The van der Waals surface area contributed by atoms with Gasteiger partial charge < -0.3 is 5.32 Å². The van der Waals surface area contributed by atoms with Crippen molar-refractivity contribution in [1.29, 1.82) is 0 Å². The molecule has 6 aromatic rings. The molecule has 0 radical (unpaired) electrons. The number of hydrogen-bond acceptors (Lipinski definition) is 1. The number of rotatable bonds is 3. The van der Waals surface area contributed by atoms with Gasteiger partial charge in [-0.15, -0.1) is 0 Å². The molecule has 0 aliphatic carbocycles. The first-order valence-electron chi connectivity index (χ1n) is 10.6. The van der Waals surface area contributed by atoms with Crippen molar-refractivity contribution in [1.82, 2.24) is 0 Å². The largest absolute Gasteiger partial charge is 0.356 e. The third-order valence-corrected chi connectivity index (χ3v) is 6.02. The van der Waals surface area contributed by atoms with Crippen molar-refractivity contribution in [2.45, 2.75) is 0 Å². The van der Waals surface area contributed by atoms with Gasteiger partial charge in [0, 0.05) is 11.4 Å². The molecule has 31 heavy (non-hydrogen) atoms. The van der Waals surface area contributed by atoms with E-state index in [-0.39, 0.29) is 0 Å². The fourth-order valence-corrected chi connectivity index (χ4v) is 4.47. The second kappa shape index (κ2) is 7.30. The predicted molar refractivity (Wildman–Crippen MR) is 134 cm³/mol. The van der Waals surface area contributed by atoms with Gasteiger partial charge in [-0.3, -0.25) is 0 Å². The Kier molecular flexibility index (Phi) is 4.18. The van der Waals surface area contributed by atoms with Crippen LogP contribution in [0, 0.1) is 0 Å². The summed E-state index contributed by atoms with van der Waals surface area (Å²) in [6.45, 7) is 0. The van der Waals surface area contributed by atoms with Gasteiger partial charge in [0.15, 0.2) is 0 Å². The van der Waals surface area contributed by atoms with Crippen molar-refractivity contribution in [2.75, 3.05) is 5.32 Å². The fraction of sp³-hybridized carbons (Fsp3) is 0. The Labute approximate surface area is 181 Å². The molecule has 0 saturated heterocycles. The lowest BCUT2D eigenvalue weighted by molar-refractivity contribution is 1.56. The SMILES string of the molecule is c1ccc2c(-c3ccc(Nc4ccc5c(ccc6ccccc65)c4)cc3)cccc2c1. The molecular weight excluding hydrogens is 374 g/mol. The average molecular weight is 396 g/mol. The number of nitrogens with one attached hydrogen (secondary N) is 1. The van der Waals surface area contributed by atoms with E-state index in [1.807, 2.05) is 0 Å². The highest BCUT2D eigenvalue weighted by molar-refractivity contribution is 6.08. The predicted octanol–water partition coefficient (Wildman–Crippen LogP) is 8.56. The van der Waals surface area contributed by atoms with Gasteiger partial charge in [-0.05, 0) is 67.7 Å². The monoisotopic (exact) mass is 395 g/mol. The molecule has 0 fully saturated rings. The average Bonchev–Trinajstić information content (AvgIpc) is 2.84. The molecule has 0 heterocycles. The molecule has 1 nitrogen and oxygen atoms in total. The topological polar surface area (TPSA) is 12.0 Å². The smallest absolute Gasteiger partial charge is 0.0390 e. The van der Waals surface area contributed by atoms with E-state index < -0.39 is 0 Å². The van der Waals surface area contributed by atoms with Gasteiger partial charge >= 0.3 is 0 Å². The number of benzene rings is 6. The summed E-state index contributed by atoms with van der Waals surface area (Å²) in [6, 6.07) is 43.3. The van der Waals surface area contributed by atoms with Crippen LogP contribution in [-0.4, -0.2) is 0 Å². The van der Waals surface area contributed by atoms with Crippen LogP contribution in [0.4, 0.5) is 11.4 Å². The molecule has 0 aromatic heterocycles. The minimum Gasteiger partial charge on any atom is -0.356 e. The molecule has 6 rings (SSSR count). The van der Waals surface area contributed by atoms with Crippen LogP contribution in [0.3, 0.4) is 0 Å². The maximum Gasteiger partial charge on any atom is 0.0390 e. The van der Waals surface area contributed by atoms with E-state index in [0.29, 0.717) is 0 Å². The van der Waals surface area contributed by atoms with E-state index in [9.17, 15) is 0 Å². The van der Waals surface area contributed by atoms with Crippen LogP contribution in [0.15, 0.2) is 121 Å². The minimum absolute atomic E-state index is 1.09. The molecule has 1 heteroatoms. The molecule has 1 N–H and O–H groups in total. The zero-order valence-corrected chi connectivity index (χ0v) is 17.0. The molecule has 0 saturated carbocycles. The zero-order valence-electron chi connectivity index (χ0n) is 17.0. The van der Waals surface area contributed by atoms with Crippen LogP contribution in [0.5, 0.6) is 0 Å². The zero-order chi connectivity index (χ0) is 20.6. The molecule has 0 bridgehead atoms. The van der Waals surface area contributed by atoms with E-state index in [4.69, 9.17) is 0 Å². The standard InChI is InChI=1S/C30H21N/c1-3-9-27-21(6-1)8-5-11-29(27)23-14-16-25(17-15-23)31-26-18-19-30-24(20-26)13-12-22-7-2-4-10-28(22)30/h1-20,31H. The quantitative estimate of drug-likeness (QED) is 0.296. The molecule has 0 aliphatic heterocycles. The summed E-state index contributed by atoms with van der Waals surface area (Å²) in [5, 5.41) is 11.2. The highest BCUT2D eigenvalue weighted by atomic mass is 14.9. The molecule has 0 atom stereocenters. The van der Waals surface area contributed by atoms with Gasteiger partial charge in [0.2, 0.25) is 0 Å². The Balaban J connectivity index is 1.32. The summed E-state index contributed by atoms with van der Waals surface area (Å²) in [5.41, 5.74) is 4.68. The van der Waals surface area contributed by atoms with Crippen molar-refractivity contribution in [3.05, 3.63) is 121 Å². The lowest BCUT2D eigenvalue weighted by Crippen LogP contribution is -1.90. The summed E-state index contributed by atoms with van der Waals surface area (Å²) in [7, 11) is 0. The highest BCUT2D eigenvalue weighted by Gasteiger charge is 2.05. The Morgan fingerprint density at radius 1 is 0.387 bits per heavy atom. The second-order valence-corrected chi connectivity index (χ2v) is 7.95. The third-order valence-electron chi connectivity index (χ3n) is 6.02. The van der Waals surface area contributed by atoms with Gasteiger partial charge in [0.05, 0.1) is 0 Å². The van der Waals surface area contributed by atoms with Crippen LogP contribution in [-0.2, 0) is 0 Å². The third kappa shape index (κ3) is 3.21. The molecule has 0 aliphatic rings. The first kappa shape index (κ1) is 17.7. The summed E-state index contributed by atoms with van der Waals surface area (Å²) in [5.74, 6) is 0. The van der Waals surface area contributed by atoms with E-state index >= 15 is 0 Å². The lowest BCUT2D eigenvalue weighted by Gasteiger charge is -2.11. The van der Waals surface area contributed by atoms with E-state index in [0.717, 1.165) is 11.4 Å². The lowest BCUT2D eigenvalue weighted by atomic mass is 9.98. The van der Waals surface area contributed by atoms with Crippen LogP contribution < -0.4 is 5.32 Å².